The largest absolute Gasteiger partial charge is 0.393 e. The molecule has 2 nitrogen and oxygen atoms in total. The number of hydrogen-bond donors (Lipinski definition) is 1. The Morgan fingerprint density at radius 2 is 1.76 bits per heavy atom. The van der Waals surface area contributed by atoms with E-state index >= 15 is 0 Å². The van der Waals surface area contributed by atoms with Crippen molar-refractivity contribution in [2.24, 2.45) is 5.92 Å². The van der Waals surface area contributed by atoms with Gasteiger partial charge < -0.3 is 5.11 Å². The molecule has 1 aromatic carbocycles. The van der Waals surface area contributed by atoms with E-state index in [2.05, 4.69) is 17.0 Å². The van der Waals surface area contributed by atoms with Crippen LogP contribution in [0.15, 0.2) is 24.3 Å². The van der Waals surface area contributed by atoms with Crippen LogP contribution in [0.2, 0.25) is 5.02 Å². The highest BCUT2D eigenvalue weighted by atomic mass is 35.5. The summed E-state index contributed by atoms with van der Waals surface area (Å²) in [5, 5.41) is 11.1. The number of nitrogens with zero attached hydrogens (tertiary/aromatic N) is 1. The van der Waals surface area contributed by atoms with Gasteiger partial charge in [-0.15, -0.1) is 0 Å². The van der Waals surface area contributed by atoms with Gasteiger partial charge in [-0.1, -0.05) is 43.0 Å². The van der Waals surface area contributed by atoms with Crippen molar-refractivity contribution in [2.45, 2.75) is 57.1 Å². The van der Waals surface area contributed by atoms with Gasteiger partial charge in [0.25, 0.3) is 0 Å². The molecule has 0 radical (unpaired) electrons. The van der Waals surface area contributed by atoms with Crippen molar-refractivity contribution in [3.05, 3.63) is 34.9 Å². The Labute approximate surface area is 133 Å². The number of likely N-dealkylation sites (tertiary alicyclic amines) is 1. The minimum atomic E-state index is -0.152. The molecule has 1 saturated carbocycles. The van der Waals surface area contributed by atoms with E-state index in [1.165, 1.54) is 37.7 Å². The summed E-state index contributed by atoms with van der Waals surface area (Å²) in [6, 6.07) is 8.85. The highest BCUT2D eigenvalue weighted by Crippen LogP contribution is 2.29. The summed E-state index contributed by atoms with van der Waals surface area (Å²) in [7, 11) is 0. The number of aliphatic hydroxyl groups excluding tert-OH is 1. The zero-order chi connectivity index (χ0) is 14.7. The van der Waals surface area contributed by atoms with Crippen LogP contribution in [0.5, 0.6) is 0 Å². The van der Waals surface area contributed by atoms with Crippen molar-refractivity contribution in [1.29, 1.82) is 0 Å². The van der Waals surface area contributed by atoms with Crippen LogP contribution in [-0.2, 0) is 6.42 Å². The summed E-state index contributed by atoms with van der Waals surface area (Å²) in [6.07, 6.45) is 8.60. The van der Waals surface area contributed by atoms with E-state index in [1.807, 2.05) is 12.1 Å². The number of piperidine rings is 1. The molecule has 0 spiro atoms. The van der Waals surface area contributed by atoms with Crippen LogP contribution in [0.1, 0.15) is 44.1 Å². The molecule has 2 aliphatic rings. The minimum Gasteiger partial charge on any atom is -0.393 e. The molecular weight excluding hydrogens is 282 g/mol. The van der Waals surface area contributed by atoms with E-state index in [0.717, 1.165) is 37.0 Å². The molecule has 116 valence electrons. The molecular formula is C18H26ClNO. The van der Waals surface area contributed by atoms with Crippen LogP contribution in [0, 0.1) is 5.92 Å². The molecule has 21 heavy (non-hydrogen) atoms. The third-order valence-corrected chi connectivity index (χ3v) is 5.48. The number of aliphatic hydroxyl groups is 1. The predicted molar refractivity (Wildman–Crippen MR) is 87.7 cm³/mol. The minimum absolute atomic E-state index is 0.152. The first-order valence-corrected chi connectivity index (χ1v) is 8.77. The molecule has 0 amide bonds. The van der Waals surface area contributed by atoms with Crippen molar-refractivity contribution in [2.75, 3.05) is 13.1 Å². The van der Waals surface area contributed by atoms with Crippen LogP contribution < -0.4 is 0 Å². The summed E-state index contributed by atoms with van der Waals surface area (Å²) in [5.74, 6) is 0.363. The maximum absolute atomic E-state index is 10.3. The third kappa shape index (κ3) is 4.00. The van der Waals surface area contributed by atoms with Gasteiger partial charge in [0.15, 0.2) is 0 Å². The summed E-state index contributed by atoms with van der Waals surface area (Å²) < 4.78 is 0. The van der Waals surface area contributed by atoms with Gasteiger partial charge in [0, 0.05) is 30.1 Å². The van der Waals surface area contributed by atoms with Gasteiger partial charge >= 0.3 is 0 Å². The zero-order valence-corrected chi connectivity index (χ0v) is 13.4. The van der Waals surface area contributed by atoms with Gasteiger partial charge in [0.2, 0.25) is 0 Å². The molecule has 1 N–H and O–H groups in total. The fourth-order valence-electron chi connectivity index (χ4n) is 3.95. The van der Waals surface area contributed by atoms with Crippen LogP contribution in [0.25, 0.3) is 0 Å². The molecule has 2 fully saturated rings. The smallest absolute Gasteiger partial charge is 0.0596 e. The molecule has 3 heteroatoms. The molecule has 1 heterocycles. The standard InChI is InChI=1S/C18H26ClNO/c19-16-8-6-14(7-9-16)12-15-13-20(11-10-18(15)21)17-4-2-1-3-5-17/h6-9,15,17-18,21H,1-5,10-13H2/t15-,18+/m1/s1. The van der Waals surface area contributed by atoms with E-state index in [0.29, 0.717) is 5.92 Å². The first kappa shape index (κ1) is 15.3. The second-order valence-corrected chi connectivity index (χ2v) is 7.17. The van der Waals surface area contributed by atoms with E-state index < -0.39 is 0 Å². The van der Waals surface area contributed by atoms with Crippen molar-refractivity contribution in [3.8, 4) is 0 Å². The van der Waals surface area contributed by atoms with Crippen molar-refractivity contribution in [3.63, 3.8) is 0 Å². The van der Waals surface area contributed by atoms with E-state index in [-0.39, 0.29) is 6.10 Å². The first-order chi connectivity index (χ1) is 10.2. The van der Waals surface area contributed by atoms with Crippen LogP contribution in [0.4, 0.5) is 0 Å². The Balaban J connectivity index is 1.61. The molecule has 1 aliphatic heterocycles. The number of benzene rings is 1. The lowest BCUT2D eigenvalue weighted by molar-refractivity contribution is 0.00296. The van der Waals surface area contributed by atoms with Gasteiger partial charge in [-0.2, -0.15) is 0 Å². The lowest BCUT2D eigenvalue weighted by Crippen LogP contribution is -2.49. The average Bonchev–Trinajstić information content (AvgIpc) is 2.52. The maximum atomic E-state index is 10.3. The summed E-state index contributed by atoms with van der Waals surface area (Å²) in [5.41, 5.74) is 1.29. The van der Waals surface area contributed by atoms with Gasteiger partial charge in [0.1, 0.15) is 0 Å². The highest BCUT2D eigenvalue weighted by Gasteiger charge is 2.31. The molecule has 2 atom stereocenters. The summed E-state index contributed by atoms with van der Waals surface area (Å²) >= 11 is 5.95. The van der Waals surface area contributed by atoms with Crippen molar-refractivity contribution >= 4 is 11.6 Å². The Kier molecular flexibility index (Phi) is 5.20. The molecule has 0 unspecified atom stereocenters. The fraction of sp³-hybridized carbons (Fsp3) is 0.667. The van der Waals surface area contributed by atoms with Gasteiger partial charge in [-0.3, -0.25) is 4.90 Å². The summed E-state index contributed by atoms with van der Waals surface area (Å²) in [4.78, 5) is 2.65. The number of hydrogen-bond acceptors (Lipinski definition) is 2. The second-order valence-electron chi connectivity index (χ2n) is 6.73. The molecule has 0 aromatic heterocycles. The van der Waals surface area contributed by atoms with Gasteiger partial charge in [0.05, 0.1) is 6.10 Å². The monoisotopic (exact) mass is 307 g/mol. The summed E-state index contributed by atoms with van der Waals surface area (Å²) in [6.45, 7) is 2.12. The second kappa shape index (κ2) is 7.13. The van der Waals surface area contributed by atoms with E-state index in [4.69, 9.17) is 11.6 Å². The third-order valence-electron chi connectivity index (χ3n) is 5.23. The lowest BCUT2D eigenvalue weighted by Gasteiger charge is -2.42. The molecule has 3 rings (SSSR count). The normalized spacial score (nSPS) is 28.7. The van der Waals surface area contributed by atoms with E-state index in [1.54, 1.807) is 0 Å². The average molecular weight is 308 g/mol. The molecule has 0 bridgehead atoms. The zero-order valence-electron chi connectivity index (χ0n) is 12.7. The van der Waals surface area contributed by atoms with Gasteiger partial charge in [-0.05, 0) is 43.4 Å². The van der Waals surface area contributed by atoms with Crippen LogP contribution >= 0.6 is 11.6 Å². The Hall–Kier alpha value is -0.570. The number of halogens is 1. The van der Waals surface area contributed by atoms with Gasteiger partial charge in [-0.25, -0.2) is 0 Å². The highest BCUT2D eigenvalue weighted by molar-refractivity contribution is 6.30. The Morgan fingerprint density at radius 3 is 2.48 bits per heavy atom. The predicted octanol–water partition coefficient (Wildman–Crippen LogP) is 3.90. The SMILES string of the molecule is O[C@H]1CCN(C2CCCCC2)C[C@H]1Cc1ccc(Cl)cc1. The Morgan fingerprint density at radius 1 is 1.05 bits per heavy atom. The number of rotatable bonds is 3. The van der Waals surface area contributed by atoms with Crippen LogP contribution in [-0.4, -0.2) is 35.2 Å². The lowest BCUT2D eigenvalue weighted by atomic mass is 9.86. The maximum Gasteiger partial charge on any atom is 0.0596 e. The van der Waals surface area contributed by atoms with Crippen LogP contribution in [0.3, 0.4) is 0 Å². The molecule has 1 aliphatic carbocycles. The first-order valence-electron chi connectivity index (χ1n) is 8.39. The van der Waals surface area contributed by atoms with Crippen molar-refractivity contribution < 1.29 is 5.11 Å². The van der Waals surface area contributed by atoms with E-state index in [9.17, 15) is 5.11 Å². The quantitative estimate of drug-likeness (QED) is 0.915. The molecule has 1 aromatic rings. The van der Waals surface area contributed by atoms with Crippen molar-refractivity contribution in [1.82, 2.24) is 4.90 Å². The molecule has 1 saturated heterocycles. The fourth-order valence-corrected chi connectivity index (χ4v) is 4.08. The Bertz CT molecular complexity index is 441. The topological polar surface area (TPSA) is 23.5 Å².